The Morgan fingerprint density at radius 1 is 1.44 bits per heavy atom. The van der Waals surface area contributed by atoms with Crippen LogP contribution in [0, 0.1) is 6.92 Å². The molecule has 5 heteroatoms. The van der Waals surface area contributed by atoms with E-state index in [1.165, 1.54) is 9.80 Å². The second kappa shape index (κ2) is 4.68. The standard InChI is InChI=1S/C13H16N2O3/c1-9-4-5-10-11(6-9)18-8-13(17)15(10)7-12(16)14(2)3/h4-6H,7-8H2,1-3H3. The normalized spacial score (nSPS) is 13.9. The SMILES string of the molecule is Cc1ccc2c(c1)OCC(=O)N2CC(=O)N(C)C. The van der Waals surface area contributed by atoms with Gasteiger partial charge in [0.2, 0.25) is 5.91 Å². The Morgan fingerprint density at radius 3 is 2.83 bits per heavy atom. The van der Waals surface area contributed by atoms with Gasteiger partial charge in [0.1, 0.15) is 12.3 Å². The van der Waals surface area contributed by atoms with Crippen LogP contribution in [-0.4, -0.2) is 44.0 Å². The van der Waals surface area contributed by atoms with Gasteiger partial charge >= 0.3 is 0 Å². The van der Waals surface area contributed by atoms with Gasteiger partial charge in [-0.25, -0.2) is 0 Å². The Kier molecular flexibility index (Phi) is 3.23. The van der Waals surface area contributed by atoms with Gasteiger partial charge in [-0.3, -0.25) is 14.5 Å². The number of anilines is 1. The number of aryl methyl sites for hydroxylation is 1. The van der Waals surface area contributed by atoms with Crippen molar-refractivity contribution in [1.29, 1.82) is 0 Å². The van der Waals surface area contributed by atoms with Gasteiger partial charge in [-0.05, 0) is 24.6 Å². The van der Waals surface area contributed by atoms with Gasteiger partial charge < -0.3 is 9.64 Å². The topological polar surface area (TPSA) is 49.9 Å². The quantitative estimate of drug-likeness (QED) is 0.778. The summed E-state index contributed by atoms with van der Waals surface area (Å²) in [6, 6.07) is 5.58. The molecule has 1 aliphatic rings. The summed E-state index contributed by atoms with van der Waals surface area (Å²) in [5.41, 5.74) is 1.72. The minimum atomic E-state index is -0.193. The summed E-state index contributed by atoms with van der Waals surface area (Å²) in [4.78, 5) is 26.5. The number of carbonyl (C=O) groups excluding carboxylic acids is 2. The van der Waals surface area contributed by atoms with Crippen molar-refractivity contribution < 1.29 is 14.3 Å². The maximum absolute atomic E-state index is 11.8. The molecular weight excluding hydrogens is 232 g/mol. The van der Waals surface area contributed by atoms with Crippen molar-refractivity contribution in [3.8, 4) is 5.75 Å². The first-order chi connectivity index (χ1) is 8.49. The first-order valence-electron chi connectivity index (χ1n) is 5.73. The van der Waals surface area contributed by atoms with Crippen molar-refractivity contribution in [2.24, 2.45) is 0 Å². The highest BCUT2D eigenvalue weighted by Gasteiger charge is 2.27. The molecule has 1 aromatic carbocycles. The molecule has 2 rings (SSSR count). The van der Waals surface area contributed by atoms with Crippen LogP contribution >= 0.6 is 0 Å². The van der Waals surface area contributed by atoms with Crippen LogP contribution in [0.25, 0.3) is 0 Å². The molecule has 18 heavy (non-hydrogen) atoms. The van der Waals surface area contributed by atoms with Gasteiger partial charge in [0.25, 0.3) is 5.91 Å². The molecule has 0 fully saturated rings. The number of hydrogen-bond acceptors (Lipinski definition) is 3. The molecule has 0 spiro atoms. The largest absolute Gasteiger partial charge is 0.482 e. The van der Waals surface area contributed by atoms with Gasteiger partial charge in [-0.1, -0.05) is 6.07 Å². The molecule has 0 aliphatic carbocycles. The smallest absolute Gasteiger partial charge is 0.265 e. The van der Waals surface area contributed by atoms with Crippen LogP contribution in [0.1, 0.15) is 5.56 Å². The summed E-state index contributed by atoms with van der Waals surface area (Å²) >= 11 is 0. The van der Waals surface area contributed by atoms with E-state index in [1.807, 2.05) is 25.1 Å². The summed E-state index contributed by atoms with van der Waals surface area (Å²) in [5, 5.41) is 0. The van der Waals surface area contributed by atoms with Crippen molar-refractivity contribution in [3.05, 3.63) is 23.8 Å². The highest BCUT2D eigenvalue weighted by Crippen LogP contribution is 2.32. The minimum Gasteiger partial charge on any atom is -0.482 e. The minimum absolute atomic E-state index is 0.0167. The number of rotatable bonds is 2. The van der Waals surface area contributed by atoms with Crippen LogP contribution in [-0.2, 0) is 9.59 Å². The van der Waals surface area contributed by atoms with Crippen molar-refractivity contribution >= 4 is 17.5 Å². The summed E-state index contributed by atoms with van der Waals surface area (Å²) in [6.45, 7) is 1.98. The second-order valence-corrected chi connectivity index (χ2v) is 4.53. The molecule has 2 amide bonds. The van der Waals surface area contributed by atoms with E-state index in [4.69, 9.17) is 4.74 Å². The van der Waals surface area contributed by atoms with Gasteiger partial charge in [-0.15, -0.1) is 0 Å². The Morgan fingerprint density at radius 2 is 2.17 bits per heavy atom. The van der Waals surface area contributed by atoms with E-state index in [0.717, 1.165) is 5.56 Å². The van der Waals surface area contributed by atoms with Gasteiger partial charge in [0, 0.05) is 14.1 Å². The first-order valence-corrected chi connectivity index (χ1v) is 5.73. The average Bonchev–Trinajstić information content (AvgIpc) is 2.32. The number of hydrogen-bond donors (Lipinski definition) is 0. The Hall–Kier alpha value is -2.04. The molecule has 0 bridgehead atoms. The Labute approximate surface area is 106 Å². The third-order valence-corrected chi connectivity index (χ3v) is 2.85. The highest BCUT2D eigenvalue weighted by molar-refractivity contribution is 6.02. The second-order valence-electron chi connectivity index (χ2n) is 4.53. The fourth-order valence-corrected chi connectivity index (χ4v) is 1.76. The molecule has 5 nitrogen and oxygen atoms in total. The first kappa shape index (κ1) is 12.4. The summed E-state index contributed by atoms with van der Waals surface area (Å²) in [6.07, 6.45) is 0. The molecule has 1 aliphatic heterocycles. The molecule has 0 N–H and O–H groups in total. The third kappa shape index (κ3) is 2.30. The van der Waals surface area contributed by atoms with Crippen LogP contribution in [0.4, 0.5) is 5.69 Å². The molecule has 0 atom stereocenters. The Bertz CT molecular complexity index is 497. The zero-order chi connectivity index (χ0) is 13.3. The zero-order valence-electron chi connectivity index (χ0n) is 10.8. The Balaban J connectivity index is 2.31. The van der Waals surface area contributed by atoms with E-state index < -0.39 is 0 Å². The lowest BCUT2D eigenvalue weighted by atomic mass is 10.1. The number of likely N-dealkylation sites (N-methyl/N-ethyl adjacent to an activating group) is 1. The number of nitrogens with zero attached hydrogens (tertiary/aromatic N) is 2. The molecule has 0 saturated carbocycles. The van der Waals surface area contributed by atoms with E-state index in [1.54, 1.807) is 14.1 Å². The number of carbonyl (C=O) groups is 2. The average molecular weight is 248 g/mol. The number of ether oxygens (including phenoxy) is 1. The third-order valence-electron chi connectivity index (χ3n) is 2.85. The summed E-state index contributed by atoms with van der Waals surface area (Å²) in [7, 11) is 3.34. The zero-order valence-corrected chi connectivity index (χ0v) is 10.8. The van der Waals surface area contributed by atoms with E-state index in [9.17, 15) is 9.59 Å². The molecule has 1 heterocycles. The van der Waals surface area contributed by atoms with Crippen molar-refractivity contribution in [2.75, 3.05) is 32.1 Å². The fraction of sp³-hybridized carbons (Fsp3) is 0.385. The van der Waals surface area contributed by atoms with E-state index in [2.05, 4.69) is 0 Å². The van der Waals surface area contributed by atoms with Crippen LogP contribution in [0.3, 0.4) is 0 Å². The molecule has 0 radical (unpaired) electrons. The van der Waals surface area contributed by atoms with E-state index in [-0.39, 0.29) is 25.0 Å². The van der Waals surface area contributed by atoms with Gasteiger partial charge in [-0.2, -0.15) is 0 Å². The number of benzene rings is 1. The van der Waals surface area contributed by atoms with E-state index >= 15 is 0 Å². The fourth-order valence-electron chi connectivity index (χ4n) is 1.76. The summed E-state index contributed by atoms with van der Waals surface area (Å²) in [5.74, 6) is 0.347. The lowest BCUT2D eigenvalue weighted by Crippen LogP contribution is -2.44. The maximum Gasteiger partial charge on any atom is 0.265 e. The lowest BCUT2D eigenvalue weighted by Gasteiger charge is -2.29. The van der Waals surface area contributed by atoms with Crippen LogP contribution < -0.4 is 9.64 Å². The molecule has 0 aromatic heterocycles. The molecule has 0 saturated heterocycles. The van der Waals surface area contributed by atoms with Gasteiger partial charge in [0.05, 0.1) is 5.69 Å². The van der Waals surface area contributed by atoms with Crippen LogP contribution in [0.15, 0.2) is 18.2 Å². The maximum atomic E-state index is 11.8. The number of amides is 2. The van der Waals surface area contributed by atoms with Crippen LogP contribution in [0.2, 0.25) is 0 Å². The number of fused-ring (bicyclic) bond motifs is 1. The summed E-state index contributed by atoms with van der Waals surface area (Å²) < 4.78 is 5.37. The van der Waals surface area contributed by atoms with Gasteiger partial charge in [0.15, 0.2) is 6.61 Å². The van der Waals surface area contributed by atoms with Crippen molar-refractivity contribution in [1.82, 2.24) is 4.90 Å². The predicted octanol–water partition coefficient (Wildman–Crippen LogP) is 0.809. The van der Waals surface area contributed by atoms with E-state index in [0.29, 0.717) is 11.4 Å². The molecular formula is C13H16N2O3. The highest BCUT2D eigenvalue weighted by atomic mass is 16.5. The molecule has 96 valence electrons. The monoisotopic (exact) mass is 248 g/mol. The lowest BCUT2D eigenvalue weighted by molar-refractivity contribution is -0.130. The van der Waals surface area contributed by atoms with Crippen molar-refractivity contribution in [3.63, 3.8) is 0 Å². The molecule has 1 aromatic rings. The van der Waals surface area contributed by atoms with Crippen LogP contribution in [0.5, 0.6) is 5.75 Å². The molecule has 0 unspecified atom stereocenters. The predicted molar refractivity (Wildman–Crippen MR) is 67.7 cm³/mol. The van der Waals surface area contributed by atoms with Crippen molar-refractivity contribution in [2.45, 2.75) is 6.92 Å².